The van der Waals surface area contributed by atoms with Crippen molar-refractivity contribution < 1.29 is 10.2 Å². The summed E-state index contributed by atoms with van der Waals surface area (Å²) >= 11 is 3.50. The van der Waals surface area contributed by atoms with Crippen molar-refractivity contribution in [3.63, 3.8) is 0 Å². The quantitative estimate of drug-likeness (QED) is 0.684. The molecule has 0 saturated carbocycles. The van der Waals surface area contributed by atoms with Gasteiger partial charge in [0, 0.05) is 23.0 Å². The zero-order valence-electron chi connectivity index (χ0n) is 12.6. The fraction of sp³-hybridized carbons (Fsp3) is 0.333. The first-order valence-electron chi connectivity index (χ1n) is 7.39. The predicted molar refractivity (Wildman–Crippen MR) is 98.4 cm³/mol. The zero-order chi connectivity index (χ0) is 15.6. The zero-order valence-corrected chi connectivity index (χ0v) is 14.2. The lowest BCUT2D eigenvalue weighted by atomic mass is 10.0. The van der Waals surface area contributed by atoms with E-state index in [0.29, 0.717) is 0 Å². The Balaban J connectivity index is 1.93. The van der Waals surface area contributed by atoms with E-state index in [1.807, 2.05) is 0 Å². The highest BCUT2D eigenvalue weighted by Crippen LogP contribution is 2.23. The van der Waals surface area contributed by atoms with Gasteiger partial charge in [0.05, 0.1) is 13.2 Å². The van der Waals surface area contributed by atoms with Crippen LogP contribution in [0.1, 0.15) is 11.1 Å². The van der Waals surface area contributed by atoms with Gasteiger partial charge in [0.25, 0.3) is 0 Å². The highest BCUT2D eigenvalue weighted by molar-refractivity contribution is 7.98. The normalized spacial score (nSPS) is 10.8. The molecule has 0 fully saturated rings. The van der Waals surface area contributed by atoms with Crippen LogP contribution >= 0.6 is 23.5 Å². The van der Waals surface area contributed by atoms with Crippen LogP contribution < -0.4 is 0 Å². The van der Waals surface area contributed by atoms with Crippen LogP contribution in [0.2, 0.25) is 0 Å². The molecule has 2 aromatic rings. The molecule has 0 heterocycles. The van der Waals surface area contributed by atoms with Gasteiger partial charge in [-0.1, -0.05) is 48.5 Å². The first kappa shape index (κ1) is 17.4. The van der Waals surface area contributed by atoms with Crippen molar-refractivity contribution in [3.8, 4) is 11.1 Å². The molecule has 0 atom stereocenters. The van der Waals surface area contributed by atoms with Crippen molar-refractivity contribution in [2.45, 2.75) is 11.5 Å². The van der Waals surface area contributed by atoms with E-state index in [1.165, 1.54) is 22.3 Å². The summed E-state index contributed by atoms with van der Waals surface area (Å²) < 4.78 is 0. The van der Waals surface area contributed by atoms with Crippen molar-refractivity contribution in [1.82, 2.24) is 0 Å². The Hall–Kier alpha value is -0.940. The number of hydrogen-bond acceptors (Lipinski definition) is 4. The van der Waals surface area contributed by atoms with Crippen molar-refractivity contribution in [2.75, 3.05) is 24.7 Å². The van der Waals surface area contributed by atoms with E-state index in [1.54, 1.807) is 23.5 Å². The first-order valence-corrected chi connectivity index (χ1v) is 9.70. The van der Waals surface area contributed by atoms with Gasteiger partial charge in [0.15, 0.2) is 0 Å². The summed E-state index contributed by atoms with van der Waals surface area (Å²) in [6.45, 7) is 0.484. The first-order chi connectivity index (χ1) is 10.8. The lowest BCUT2D eigenvalue weighted by molar-refractivity contribution is 0.322. The molecule has 0 aliphatic heterocycles. The van der Waals surface area contributed by atoms with Gasteiger partial charge in [-0.05, 0) is 22.3 Å². The van der Waals surface area contributed by atoms with Crippen LogP contribution in [0.3, 0.4) is 0 Å². The highest BCUT2D eigenvalue weighted by atomic mass is 32.2. The lowest BCUT2D eigenvalue weighted by Gasteiger charge is -2.06. The Morgan fingerprint density at radius 1 is 0.591 bits per heavy atom. The third kappa shape index (κ3) is 5.69. The van der Waals surface area contributed by atoms with Gasteiger partial charge < -0.3 is 10.2 Å². The summed E-state index contributed by atoms with van der Waals surface area (Å²) in [6.07, 6.45) is 0. The molecule has 0 amide bonds. The molecule has 4 heteroatoms. The van der Waals surface area contributed by atoms with Gasteiger partial charge in [-0.15, -0.1) is 0 Å². The maximum Gasteiger partial charge on any atom is 0.0521 e. The molecule has 2 rings (SSSR count). The monoisotopic (exact) mass is 334 g/mol. The van der Waals surface area contributed by atoms with Crippen molar-refractivity contribution >= 4 is 23.5 Å². The van der Waals surface area contributed by atoms with Crippen molar-refractivity contribution in [2.24, 2.45) is 0 Å². The molecule has 0 unspecified atom stereocenters. The second-order valence-corrected chi connectivity index (χ2v) is 7.16. The predicted octanol–water partition coefficient (Wildman–Crippen LogP) is 3.80. The molecule has 0 aromatic heterocycles. The molecule has 0 saturated heterocycles. The summed E-state index contributed by atoms with van der Waals surface area (Å²) in [4.78, 5) is 0. The minimum Gasteiger partial charge on any atom is -0.396 e. The minimum absolute atomic E-state index is 0.242. The molecule has 0 radical (unpaired) electrons. The van der Waals surface area contributed by atoms with Gasteiger partial charge in [-0.25, -0.2) is 0 Å². The van der Waals surface area contributed by atoms with Crippen LogP contribution in [-0.4, -0.2) is 34.9 Å². The number of aliphatic hydroxyl groups is 2. The Morgan fingerprint density at radius 2 is 0.955 bits per heavy atom. The molecule has 22 heavy (non-hydrogen) atoms. The van der Waals surface area contributed by atoms with E-state index >= 15 is 0 Å². The number of thioether (sulfide) groups is 2. The maximum atomic E-state index is 8.79. The van der Waals surface area contributed by atoms with Gasteiger partial charge in [-0.2, -0.15) is 23.5 Å². The summed E-state index contributed by atoms with van der Waals surface area (Å²) in [5.74, 6) is 3.47. The van der Waals surface area contributed by atoms with E-state index in [9.17, 15) is 0 Å². The Bertz CT molecular complexity index is 487. The molecule has 2 nitrogen and oxygen atoms in total. The largest absolute Gasteiger partial charge is 0.396 e. The second-order valence-electron chi connectivity index (χ2n) is 4.95. The topological polar surface area (TPSA) is 40.5 Å². The average molecular weight is 335 g/mol. The SMILES string of the molecule is OCCSCc1ccc(-c2ccc(CSCCO)cc2)cc1. The van der Waals surface area contributed by atoms with E-state index < -0.39 is 0 Å². The number of hydrogen-bond donors (Lipinski definition) is 2. The maximum absolute atomic E-state index is 8.79. The Labute approximate surface area is 141 Å². The highest BCUT2D eigenvalue weighted by Gasteiger charge is 2.00. The summed E-state index contributed by atoms with van der Waals surface area (Å²) in [5.41, 5.74) is 5.04. The fourth-order valence-electron chi connectivity index (χ4n) is 2.10. The molecule has 0 aliphatic carbocycles. The van der Waals surface area contributed by atoms with Crippen LogP contribution in [0.15, 0.2) is 48.5 Å². The third-order valence-corrected chi connectivity index (χ3v) is 5.27. The molecular formula is C18H22O2S2. The van der Waals surface area contributed by atoms with Gasteiger partial charge in [-0.3, -0.25) is 0 Å². The third-order valence-electron chi connectivity index (χ3n) is 3.25. The van der Waals surface area contributed by atoms with E-state index in [-0.39, 0.29) is 13.2 Å². The minimum atomic E-state index is 0.242. The Kier molecular flexibility index (Phi) is 7.88. The van der Waals surface area contributed by atoms with Crippen LogP contribution in [0.4, 0.5) is 0 Å². The van der Waals surface area contributed by atoms with E-state index in [2.05, 4.69) is 48.5 Å². The van der Waals surface area contributed by atoms with E-state index in [4.69, 9.17) is 10.2 Å². The van der Waals surface area contributed by atoms with Crippen molar-refractivity contribution in [1.29, 1.82) is 0 Å². The van der Waals surface area contributed by atoms with E-state index in [0.717, 1.165) is 23.0 Å². The lowest BCUT2D eigenvalue weighted by Crippen LogP contribution is -1.89. The van der Waals surface area contributed by atoms with Gasteiger partial charge in [0.1, 0.15) is 0 Å². The molecule has 118 valence electrons. The standard InChI is InChI=1S/C18H22O2S2/c19-9-11-21-13-15-1-5-17(6-2-15)18-7-3-16(4-8-18)14-22-12-10-20/h1-8,19-20H,9-14H2. The summed E-state index contributed by atoms with van der Waals surface area (Å²) in [6, 6.07) is 17.3. The molecule has 0 bridgehead atoms. The average Bonchev–Trinajstić information content (AvgIpc) is 2.57. The molecule has 0 aliphatic rings. The van der Waals surface area contributed by atoms with Gasteiger partial charge >= 0.3 is 0 Å². The number of aliphatic hydroxyl groups excluding tert-OH is 2. The Morgan fingerprint density at radius 3 is 1.27 bits per heavy atom. The molecule has 2 aromatic carbocycles. The van der Waals surface area contributed by atoms with Crippen LogP contribution in [0, 0.1) is 0 Å². The van der Waals surface area contributed by atoms with Crippen LogP contribution in [0.25, 0.3) is 11.1 Å². The smallest absolute Gasteiger partial charge is 0.0521 e. The van der Waals surface area contributed by atoms with Crippen LogP contribution in [0.5, 0.6) is 0 Å². The molecule has 2 N–H and O–H groups in total. The molecule has 0 spiro atoms. The molecular weight excluding hydrogens is 312 g/mol. The summed E-state index contributed by atoms with van der Waals surface area (Å²) in [7, 11) is 0. The number of rotatable bonds is 9. The van der Waals surface area contributed by atoms with Crippen molar-refractivity contribution in [3.05, 3.63) is 59.7 Å². The second kappa shape index (κ2) is 9.95. The van der Waals surface area contributed by atoms with Gasteiger partial charge in [0.2, 0.25) is 0 Å². The summed E-state index contributed by atoms with van der Waals surface area (Å²) in [5, 5.41) is 17.6. The van der Waals surface area contributed by atoms with Crippen LogP contribution in [-0.2, 0) is 11.5 Å². The fourth-order valence-corrected chi connectivity index (χ4v) is 3.50. The number of benzene rings is 2.